The van der Waals surface area contributed by atoms with Crippen LogP contribution in [0.1, 0.15) is 0 Å². The van der Waals surface area contributed by atoms with Gasteiger partial charge in [0.25, 0.3) is 0 Å². The van der Waals surface area contributed by atoms with E-state index in [1.165, 1.54) is 0 Å². The number of aromatic hydroxyl groups is 1. The Kier molecular flexibility index (Phi) is 2.20. The van der Waals surface area contributed by atoms with Gasteiger partial charge in [0.15, 0.2) is 11.5 Å². The minimum atomic E-state index is 0.167. The highest BCUT2D eigenvalue weighted by molar-refractivity contribution is 5.91. The van der Waals surface area contributed by atoms with Crippen LogP contribution in [0.4, 0.5) is 0 Å². The molecule has 5 heteroatoms. The Balaban J connectivity index is 2.04. The first-order chi connectivity index (χ1) is 9.83. The van der Waals surface area contributed by atoms with Gasteiger partial charge in [-0.3, -0.25) is 0 Å². The zero-order chi connectivity index (χ0) is 13.5. The Morgan fingerprint density at radius 1 is 0.950 bits per heavy atom. The lowest BCUT2D eigenvalue weighted by Crippen LogP contribution is -1.90. The Labute approximate surface area is 114 Å². The molecule has 5 nitrogen and oxygen atoms in total. The van der Waals surface area contributed by atoms with Crippen LogP contribution in [0.2, 0.25) is 0 Å². The second kappa shape index (κ2) is 4.03. The predicted octanol–water partition coefficient (Wildman–Crippen LogP) is 2.65. The molecule has 20 heavy (non-hydrogen) atoms. The first-order valence-electron chi connectivity index (χ1n) is 6.21. The van der Waals surface area contributed by atoms with Crippen LogP contribution < -0.4 is 0 Å². The molecule has 1 N–H and O–H groups in total. The topological polar surface area (TPSA) is 63.3 Å². The maximum absolute atomic E-state index is 9.90. The highest BCUT2D eigenvalue weighted by Gasteiger charge is 2.12. The number of aromatic nitrogens is 4. The molecule has 0 amide bonds. The monoisotopic (exact) mass is 262 g/mol. The Hall–Kier alpha value is -2.95. The summed E-state index contributed by atoms with van der Waals surface area (Å²) in [4.78, 5) is 8.86. The van der Waals surface area contributed by atoms with Crippen molar-refractivity contribution in [3.8, 4) is 17.1 Å². The van der Waals surface area contributed by atoms with Crippen LogP contribution in [0.25, 0.3) is 27.9 Å². The predicted molar refractivity (Wildman–Crippen MR) is 75.4 cm³/mol. The quantitative estimate of drug-likeness (QED) is 0.572. The summed E-state index contributed by atoms with van der Waals surface area (Å²) in [6.07, 6.45) is 1.63. The molecule has 0 bridgehead atoms. The Morgan fingerprint density at radius 2 is 1.75 bits per heavy atom. The molecule has 96 valence electrons. The number of hydrogen-bond donors (Lipinski definition) is 1. The summed E-state index contributed by atoms with van der Waals surface area (Å²) in [6, 6.07) is 14.8. The van der Waals surface area contributed by atoms with Crippen molar-refractivity contribution < 1.29 is 5.11 Å². The zero-order valence-corrected chi connectivity index (χ0v) is 10.4. The maximum Gasteiger partial charge on any atom is 0.185 e. The lowest BCUT2D eigenvalue weighted by Gasteiger charge is -1.97. The zero-order valence-electron chi connectivity index (χ0n) is 10.4. The molecule has 0 aliphatic heterocycles. The van der Waals surface area contributed by atoms with Crippen molar-refractivity contribution in [2.45, 2.75) is 0 Å². The lowest BCUT2D eigenvalue weighted by molar-refractivity contribution is 0.477. The van der Waals surface area contributed by atoms with Gasteiger partial charge in [0.05, 0.1) is 11.1 Å². The van der Waals surface area contributed by atoms with E-state index in [0.717, 1.165) is 16.6 Å². The number of benzene rings is 2. The maximum atomic E-state index is 9.90. The van der Waals surface area contributed by atoms with Crippen molar-refractivity contribution in [2.75, 3.05) is 0 Å². The molecule has 0 radical (unpaired) electrons. The molecule has 0 spiro atoms. The number of rotatable bonds is 1. The van der Waals surface area contributed by atoms with Crippen molar-refractivity contribution in [3.05, 3.63) is 54.9 Å². The van der Waals surface area contributed by atoms with Crippen molar-refractivity contribution in [2.24, 2.45) is 0 Å². The van der Waals surface area contributed by atoms with Gasteiger partial charge in [-0.25, -0.2) is 14.5 Å². The fourth-order valence-corrected chi connectivity index (χ4v) is 2.26. The second-order valence-electron chi connectivity index (χ2n) is 4.48. The fourth-order valence-electron chi connectivity index (χ4n) is 2.26. The minimum absolute atomic E-state index is 0.167. The molecule has 0 atom stereocenters. The van der Waals surface area contributed by atoms with E-state index in [4.69, 9.17) is 0 Å². The van der Waals surface area contributed by atoms with Gasteiger partial charge in [-0.2, -0.15) is 0 Å². The van der Waals surface area contributed by atoms with Gasteiger partial charge in [-0.15, -0.1) is 5.10 Å². The molecular weight excluding hydrogens is 252 g/mol. The summed E-state index contributed by atoms with van der Waals surface area (Å²) in [7, 11) is 0. The van der Waals surface area contributed by atoms with E-state index in [0.29, 0.717) is 11.4 Å². The number of nitrogens with zero attached hydrogens (tertiary/aromatic N) is 4. The molecule has 0 aliphatic carbocycles. The van der Waals surface area contributed by atoms with Gasteiger partial charge >= 0.3 is 0 Å². The molecule has 2 heterocycles. The summed E-state index contributed by atoms with van der Waals surface area (Å²) in [6.45, 7) is 0. The van der Waals surface area contributed by atoms with Gasteiger partial charge < -0.3 is 5.11 Å². The van der Waals surface area contributed by atoms with Crippen molar-refractivity contribution in [1.82, 2.24) is 19.6 Å². The van der Waals surface area contributed by atoms with Crippen LogP contribution in [-0.4, -0.2) is 24.7 Å². The van der Waals surface area contributed by atoms with E-state index in [1.54, 1.807) is 29.0 Å². The number of fused-ring (bicyclic) bond motifs is 3. The molecule has 0 unspecified atom stereocenters. The van der Waals surface area contributed by atoms with Crippen molar-refractivity contribution in [1.29, 1.82) is 0 Å². The summed E-state index contributed by atoms with van der Waals surface area (Å²) >= 11 is 0. The molecular formula is C15H10N4O. The molecule has 0 fully saturated rings. The summed E-state index contributed by atoms with van der Waals surface area (Å²) in [5.41, 5.74) is 2.21. The van der Waals surface area contributed by atoms with E-state index in [9.17, 15) is 5.11 Å². The van der Waals surface area contributed by atoms with E-state index in [2.05, 4.69) is 15.1 Å². The third-order valence-electron chi connectivity index (χ3n) is 3.23. The SMILES string of the molecule is Oc1ccccc1-c1nc2c3ccccc3ncn2n1. The molecule has 2 aromatic heterocycles. The number of hydrogen-bond acceptors (Lipinski definition) is 4. The number of para-hydroxylation sites is 2. The van der Waals surface area contributed by atoms with Crippen LogP contribution in [-0.2, 0) is 0 Å². The molecule has 2 aromatic carbocycles. The molecule has 4 rings (SSSR count). The summed E-state index contributed by atoms with van der Waals surface area (Å²) in [5, 5.41) is 15.2. The molecule has 0 saturated carbocycles. The van der Waals surface area contributed by atoms with Crippen LogP contribution in [0, 0.1) is 0 Å². The van der Waals surface area contributed by atoms with Gasteiger partial charge in [0.1, 0.15) is 12.1 Å². The van der Waals surface area contributed by atoms with Gasteiger partial charge in [-0.1, -0.05) is 24.3 Å². The van der Waals surface area contributed by atoms with Crippen LogP contribution >= 0.6 is 0 Å². The average molecular weight is 262 g/mol. The summed E-state index contributed by atoms with van der Waals surface area (Å²) < 4.78 is 1.63. The first kappa shape index (κ1) is 10.9. The number of phenols is 1. The van der Waals surface area contributed by atoms with E-state index >= 15 is 0 Å². The van der Waals surface area contributed by atoms with Crippen LogP contribution in [0.15, 0.2) is 54.9 Å². The van der Waals surface area contributed by atoms with Crippen molar-refractivity contribution in [3.63, 3.8) is 0 Å². The Morgan fingerprint density at radius 3 is 2.65 bits per heavy atom. The third kappa shape index (κ3) is 1.53. The lowest BCUT2D eigenvalue weighted by atomic mass is 10.2. The minimum Gasteiger partial charge on any atom is -0.507 e. The van der Waals surface area contributed by atoms with Crippen LogP contribution in [0.5, 0.6) is 5.75 Å². The Bertz CT molecular complexity index is 929. The van der Waals surface area contributed by atoms with E-state index < -0.39 is 0 Å². The standard InChI is InChI=1S/C15H10N4O/c20-13-8-4-2-6-11(13)14-17-15-10-5-1-3-7-12(10)16-9-19(15)18-14/h1-9,20H. The first-order valence-corrected chi connectivity index (χ1v) is 6.21. The van der Waals surface area contributed by atoms with Gasteiger partial charge in [-0.05, 0) is 24.3 Å². The molecule has 0 aliphatic rings. The molecule has 4 aromatic rings. The molecule has 0 saturated heterocycles. The van der Waals surface area contributed by atoms with E-state index in [-0.39, 0.29) is 5.75 Å². The number of phenolic OH excluding ortho intramolecular Hbond substituents is 1. The normalized spacial score (nSPS) is 11.2. The fraction of sp³-hybridized carbons (Fsp3) is 0. The van der Waals surface area contributed by atoms with E-state index in [1.807, 2.05) is 30.3 Å². The smallest absolute Gasteiger partial charge is 0.185 e. The highest BCUT2D eigenvalue weighted by Crippen LogP contribution is 2.27. The second-order valence-corrected chi connectivity index (χ2v) is 4.48. The highest BCUT2D eigenvalue weighted by atomic mass is 16.3. The van der Waals surface area contributed by atoms with Gasteiger partial charge in [0, 0.05) is 5.39 Å². The average Bonchev–Trinajstić information content (AvgIpc) is 2.92. The summed E-state index contributed by atoms with van der Waals surface area (Å²) in [5.74, 6) is 0.655. The van der Waals surface area contributed by atoms with Gasteiger partial charge in [0.2, 0.25) is 0 Å². The largest absolute Gasteiger partial charge is 0.507 e. The third-order valence-corrected chi connectivity index (χ3v) is 3.23. The van der Waals surface area contributed by atoms with Crippen molar-refractivity contribution >= 4 is 16.6 Å². The van der Waals surface area contributed by atoms with Crippen LogP contribution in [0.3, 0.4) is 0 Å².